The van der Waals surface area contributed by atoms with Crippen molar-refractivity contribution in [3.63, 3.8) is 0 Å². The van der Waals surface area contributed by atoms with E-state index in [2.05, 4.69) is 0 Å². The Labute approximate surface area is 124 Å². The van der Waals surface area contributed by atoms with Crippen molar-refractivity contribution in [1.82, 2.24) is 4.90 Å². The molecule has 3 rings (SSSR count). The van der Waals surface area contributed by atoms with Gasteiger partial charge in [0.05, 0.1) is 12.8 Å². The zero-order chi connectivity index (χ0) is 14.7. The molecule has 0 saturated heterocycles. The maximum Gasteiger partial charge on any atom is 0.254 e. The van der Waals surface area contributed by atoms with E-state index in [4.69, 9.17) is 10.2 Å². The van der Waals surface area contributed by atoms with Crippen molar-refractivity contribution in [2.75, 3.05) is 6.54 Å². The van der Waals surface area contributed by atoms with Gasteiger partial charge in [-0.25, -0.2) is 0 Å². The summed E-state index contributed by atoms with van der Waals surface area (Å²) in [6.45, 7) is 1.13. The van der Waals surface area contributed by atoms with Crippen LogP contribution in [0.5, 0.6) is 0 Å². The Bertz CT molecular complexity index is 603. The van der Waals surface area contributed by atoms with E-state index in [0.29, 0.717) is 19.1 Å². The molecule has 4 heteroatoms. The molecule has 2 N–H and O–H groups in total. The van der Waals surface area contributed by atoms with Gasteiger partial charge in [0, 0.05) is 11.6 Å². The average molecular weight is 284 g/mol. The third-order valence-electron chi connectivity index (χ3n) is 3.76. The maximum atomic E-state index is 12.8. The number of carbonyl (C=O) groups is 1. The first-order valence-corrected chi connectivity index (χ1v) is 7.40. The van der Waals surface area contributed by atoms with Crippen molar-refractivity contribution in [2.24, 2.45) is 5.73 Å². The highest BCUT2D eigenvalue weighted by Crippen LogP contribution is 2.30. The molecule has 1 saturated carbocycles. The van der Waals surface area contributed by atoms with Crippen LogP contribution in [0.3, 0.4) is 0 Å². The monoisotopic (exact) mass is 284 g/mol. The third-order valence-corrected chi connectivity index (χ3v) is 3.76. The van der Waals surface area contributed by atoms with Crippen molar-refractivity contribution < 1.29 is 9.21 Å². The molecule has 1 aliphatic carbocycles. The molecule has 0 aliphatic heterocycles. The maximum absolute atomic E-state index is 12.8. The largest absolute Gasteiger partial charge is 0.467 e. The fourth-order valence-corrected chi connectivity index (χ4v) is 2.52. The number of benzene rings is 1. The molecule has 0 spiro atoms. The van der Waals surface area contributed by atoms with Gasteiger partial charge >= 0.3 is 0 Å². The molecule has 0 radical (unpaired) electrons. The zero-order valence-corrected chi connectivity index (χ0v) is 12.0. The number of furan rings is 1. The highest BCUT2D eigenvalue weighted by atomic mass is 16.3. The van der Waals surface area contributed by atoms with Crippen molar-refractivity contribution >= 4 is 5.91 Å². The van der Waals surface area contributed by atoms with E-state index in [9.17, 15) is 4.79 Å². The molecule has 110 valence electrons. The van der Waals surface area contributed by atoms with E-state index in [0.717, 1.165) is 36.1 Å². The van der Waals surface area contributed by atoms with Crippen LogP contribution in [0.25, 0.3) is 0 Å². The van der Waals surface area contributed by atoms with Crippen molar-refractivity contribution in [2.45, 2.75) is 31.8 Å². The Morgan fingerprint density at radius 3 is 2.81 bits per heavy atom. The number of nitrogens with zero attached hydrogens (tertiary/aromatic N) is 1. The predicted molar refractivity (Wildman–Crippen MR) is 80.8 cm³/mol. The van der Waals surface area contributed by atoms with Gasteiger partial charge in [-0.2, -0.15) is 0 Å². The van der Waals surface area contributed by atoms with E-state index in [1.165, 1.54) is 0 Å². The lowest BCUT2D eigenvalue weighted by Gasteiger charge is -2.21. The second-order valence-corrected chi connectivity index (χ2v) is 5.48. The molecule has 0 bridgehead atoms. The Hall–Kier alpha value is -2.07. The summed E-state index contributed by atoms with van der Waals surface area (Å²) in [7, 11) is 0. The highest BCUT2D eigenvalue weighted by Gasteiger charge is 2.33. The van der Waals surface area contributed by atoms with Gasteiger partial charge in [0.2, 0.25) is 0 Å². The molecule has 4 nitrogen and oxygen atoms in total. The Morgan fingerprint density at radius 1 is 1.29 bits per heavy atom. The van der Waals surface area contributed by atoms with Crippen molar-refractivity contribution in [1.29, 1.82) is 0 Å². The SMILES string of the molecule is NCCc1cccc(C(=O)N(Cc2ccco2)C2CC2)c1. The van der Waals surface area contributed by atoms with Gasteiger partial charge in [-0.1, -0.05) is 12.1 Å². The van der Waals surface area contributed by atoms with Crippen LogP contribution < -0.4 is 5.73 Å². The van der Waals surface area contributed by atoms with Crippen LogP contribution in [-0.2, 0) is 13.0 Å². The Balaban J connectivity index is 1.79. The van der Waals surface area contributed by atoms with Crippen LogP contribution in [0, 0.1) is 0 Å². The first-order valence-electron chi connectivity index (χ1n) is 7.40. The molecule has 21 heavy (non-hydrogen) atoms. The van der Waals surface area contributed by atoms with Crippen LogP contribution in [0.1, 0.15) is 34.5 Å². The molecule has 2 aromatic rings. The fraction of sp³-hybridized carbons (Fsp3) is 0.353. The summed E-state index contributed by atoms with van der Waals surface area (Å²) in [5.74, 6) is 0.904. The summed E-state index contributed by atoms with van der Waals surface area (Å²) >= 11 is 0. The summed E-state index contributed by atoms with van der Waals surface area (Å²) in [4.78, 5) is 14.7. The minimum absolute atomic E-state index is 0.0766. The van der Waals surface area contributed by atoms with Crippen molar-refractivity contribution in [3.8, 4) is 0 Å². The van der Waals surface area contributed by atoms with E-state index in [1.807, 2.05) is 41.3 Å². The molecule has 1 heterocycles. The average Bonchev–Trinajstić information content (AvgIpc) is 3.21. The molecular formula is C17H20N2O2. The quantitative estimate of drug-likeness (QED) is 0.887. The van der Waals surface area contributed by atoms with Crippen LogP contribution >= 0.6 is 0 Å². The lowest BCUT2D eigenvalue weighted by molar-refractivity contribution is 0.0717. The smallest absolute Gasteiger partial charge is 0.254 e. The summed E-state index contributed by atoms with van der Waals surface area (Å²) in [5.41, 5.74) is 7.43. The summed E-state index contributed by atoms with van der Waals surface area (Å²) in [5, 5.41) is 0. The Kier molecular flexibility index (Phi) is 4.06. The molecular weight excluding hydrogens is 264 g/mol. The summed E-state index contributed by atoms with van der Waals surface area (Å²) in [6, 6.07) is 11.9. The van der Waals surface area contributed by atoms with Gasteiger partial charge in [0.25, 0.3) is 5.91 Å². The van der Waals surface area contributed by atoms with Gasteiger partial charge in [-0.05, 0) is 55.6 Å². The van der Waals surface area contributed by atoms with E-state index in [-0.39, 0.29) is 5.91 Å². The standard InChI is InChI=1S/C17H20N2O2/c18-9-8-13-3-1-4-14(11-13)17(20)19(15-6-7-15)12-16-5-2-10-21-16/h1-5,10-11,15H,6-9,12,18H2. The number of carbonyl (C=O) groups excluding carboxylic acids is 1. The van der Waals surface area contributed by atoms with E-state index in [1.54, 1.807) is 6.26 Å². The van der Waals surface area contributed by atoms with Gasteiger partial charge in [0.15, 0.2) is 0 Å². The lowest BCUT2D eigenvalue weighted by atomic mass is 10.1. The second-order valence-electron chi connectivity index (χ2n) is 5.48. The van der Waals surface area contributed by atoms with Crippen LogP contribution in [0.4, 0.5) is 0 Å². The van der Waals surface area contributed by atoms with Gasteiger partial charge in [-0.3, -0.25) is 4.79 Å². The molecule has 1 fully saturated rings. The van der Waals surface area contributed by atoms with E-state index < -0.39 is 0 Å². The third kappa shape index (κ3) is 3.34. The Morgan fingerprint density at radius 2 is 2.14 bits per heavy atom. The number of nitrogens with two attached hydrogens (primary N) is 1. The minimum atomic E-state index is 0.0766. The first kappa shape index (κ1) is 13.9. The molecule has 0 unspecified atom stereocenters. The number of hydrogen-bond donors (Lipinski definition) is 1. The highest BCUT2D eigenvalue weighted by molar-refractivity contribution is 5.94. The van der Waals surface area contributed by atoms with Gasteiger partial charge in [0.1, 0.15) is 5.76 Å². The predicted octanol–water partition coefficient (Wildman–Crippen LogP) is 2.59. The summed E-state index contributed by atoms with van der Waals surface area (Å²) in [6.07, 6.45) is 4.60. The minimum Gasteiger partial charge on any atom is -0.467 e. The number of amides is 1. The second kappa shape index (κ2) is 6.14. The van der Waals surface area contributed by atoms with Gasteiger partial charge in [-0.15, -0.1) is 0 Å². The van der Waals surface area contributed by atoms with E-state index >= 15 is 0 Å². The summed E-state index contributed by atoms with van der Waals surface area (Å²) < 4.78 is 5.38. The molecule has 1 aromatic heterocycles. The topological polar surface area (TPSA) is 59.5 Å². The molecule has 1 aliphatic rings. The fourth-order valence-electron chi connectivity index (χ4n) is 2.52. The van der Waals surface area contributed by atoms with Gasteiger partial charge < -0.3 is 15.1 Å². The lowest BCUT2D eigenvalue weighted by Crippen LogP contribution is -2.32. The molecule has 1 aromatic carbocycles. The van der Waals surface area contributed by atoms with Crippen LogP contribution in [-0.4, -0.2) is 23.4 Å². The molecule has 1 amide bonds. The van der Waals surface area contributed by atoms with Crippen molar-refractivity contribution in [3.05, 3.63) is 59.5 Å². The number of rotatable bonds is 6. The first-order chi connectivity index (χ1) is 10.3. The molecule has 0 atom stereocenters. The zero-order valence-electron chi connectivity index (χ0n) is 12.0. The number of hydrogen-bond acceptors (Lipinski definition) is 3. The normalized spacial score (nSPS) is 14.1. The van der Waals surface area contributed by atoms with Crippen LogP contribution in [0.15, 0.2) is 47.1 Å². The van der Waals surface area contributed by atoms with Crippen LogP contribution in [0.2, 0.25) is 0 Å².